The zero-order valence-electron chi connectivity index (χ0n) is 10.8. The van der Waals surface area contributed by atoms with Gasteiger partial charge < -0.3 is 11.1 Å². The maximum Gasteiger partial charge on any atom is 0.193 e. The number of anilines is 1. The van der Waals surface area contributed by atoms with E-state index in [1.54, 1.807) is 11.8 Å². The Morgan fingerprint density at radius 1 is 1.42 bits per heavy atom. The first-order valence-corrected chi connectivity index (χ1v) is 6.67. The first-order valence-electron chi connectivity index (χ1n) is 5.62. The average molecular weight is 401 g/mol. The second-order valence-corrected chi connectivity index (χ2v) is 5.62. The molecule has 1 aromatic carbocycles. The fourth-order valence-corrected chi connectivity index (χ4v) is 1.89. The van der Waals surface area contributed by atoms with Gasteiger partial charge in [-0.25, -0.2) is 8.78 Å². The van der Waals surface area contributed by atoms with Gasteiger partial charge in [-0.3, -0.25) is 4.99 Å². The quantitative estimate of drug-likeness (QED) is 0.344. The molecule has 3 N–H and O–H groups in total. The summed E-state index contributed by atoms with van der Waals surface area (Å²) in [6.45, 7) is 4.73. The van der Waals surface area contributed by atoms with Gasteiger partial charge in [0.1, 0.15) is 11.6 Å². The van der Waals surface area contributed by atoms with Crippen LogP contribution in [-0.4, -0.2) is 23.5 Å². The molecule has 0 bridgehead atoms. The summed E-state index contributed by atoms with van der Waals surface area (Å²) >= 11 is 1.76. The molecule has 0 aliphatic heterocycles. The number of aliphatic imine (C=N–C) groups is 1. The van der Waals surface area contributed by atoms with Crippen molar-refractivity contribution < 1.29 is 8.78 Å². The van der Waals surface area contributed by atoms with Crippen LogP contribution in [0, 0.1) is 11.6 Å². The van der Waals surface area contributed by atoms with Crippen LogP contribution < -0.4 is 11.1 Å². The van der Waals surface area contributed by atoms with Gasteiger partial charge in [0.2, 0.25) is 0 Å². The van der Waals surface area contributed by atoms with Crippen molar-refractivity contribution in [3.05, 3.63) is 29.8 Å². The molecule has 0 heterocycles. The van der Waals surface area contributed by atoms with E-state index >= 15 is 0 Å². The summed E-state index contributed by atoms with van der Waals surface area (Å²) in [6.07, 6.45) is 0. The number of benzene rings is 1. The lowest BCUT2D eigenvalue weighted by atomic mass is 10.3. The summed E-state index contributed by atoms with van der Waals surface area (Å²) in [6, 6.07) is 3.13. The molecule has 0 radical (unpaired) electrons. The van der Waals surface area contributed by atoms with E-state index < -0.39 is 11.6 Å². The van der Waals surface area contributed by atoms with E-state index in [2.05, 4.69) is 24.2 Å². The molecule has 0 aromatic heterocycles. The van der Waals surface area contributed by atoms with Gasteiger partial charge in [-0.15, -0.1) is 24.0 Å². The Morgan fingerprint density at radius 3 is 2.74 bits per heavy atom. The van der Waals surface area contributed by atoms with Gasteiger partial charge in [-0.05, 0) is 17.4 Å². The summed E-state index contributed by atoms with van der Waals surface area (Å²) in [7, 11) is 0. The SMILES string of the molecule is CC(C)SCCN=C(N)Nc1cc(F)ccc1F.I. The topological polar surface area (TPSA) is 50.4 Å². The van der Waals surface area contributed by atoms with Gasteiger partial charge >= 0.3 is 0 Å². The third-order valence-electron chi connectivity index (χ3n) is 2.02. The molecule has 19 heavy (non-hydrogen) atoms. The lowest BCUT2D eigenvalue weighted by Gasteiger charge is -2.07. The third-order valence-corrected chi connectivity index (χ3v) is 3.10. The normalized spacial score (nSPS) is 11.3. The van der Waals surface area contributed by atoms with E-state index in [1.165, 1.54) is 0 Å². The summed E-state index contributed by atoms with van der Waals surface area (Å²) in [5.74, 6) is -0.164. The minimum absolute atomic E-state index is 0. The average Bonchev–Trinajstić information content (AvgIpc) is 2.29. The van der Waals surface area contributed by atoms with Crippen molar-refractivity contribution in [1.82, 2.24) is 0 Å². The number of hydrogen-bond donors (Lipinski definition) is 2. The largest absolute Gasteiger partial charge is 0.370 e. The molecule has 0 aliphatic carbocycles. The van der Waals surface area contributed by atoms with Crippen LogP contribution in [0.25, 0.3) is 0 Å². The highest BCUT2D eigenvalue weighted by molar-refractivity contribution is 14.0. The fourth-order valence-electron chi connectivity index (χ4n) is 1.23. The maximum atomic E-state index is 13.3. The van der Waals surface area contributed by atoms with Gasteiger partial charge in [-0.1, -0.05) is 13.8 Å². The van der Waals surface area contributed by atoms with Crippen LogP contribution >= 0.6 is 35.7 Å². The van der Waals surface area contributed by atoms with E-state index in [-0.39, 0.29) is 35.6 Å². The smallest absolute Gasteiger partial charge is 0.193 e. The molecular formula is C12H18F2IN3S. The van der Waals surface area contributed by atoms with Gasteiger partial charge in [0.15, 0.2) is 5.96 Å². The Morgan fingerprint density at radius 2 is 2.11 bits per heavy atom. The Kier molecular flexibility index (Phi) is 9.07. The number of nitrogens with two attached hydrogens (primary N) is 1. The molecule has 0 saturated heterocycles. The summed E-state index contributed by atoms with van der Waals surface area (Å²) < 4.78 is 26.2. The molecule has 0 unspecified atom stereocenters. The molecule has 0 atom stereocenters. The number of thioether (sulfide) groups is 1. The third kappa shape index (κ3) is 7.56. The predicted octanol–water partition coefficient (Wildman–Crippen LogP) is 3.45. The van der Waals surface area contributed by atoms with Crippen LogP contribution in [0.1, 0.15) is 13.8 Å². The molecule has 7 heteroatoms. The molecule has 1 rings (SSSR count). The number of nitrogens with one attached hydrogen (secondary N) is 1. The molecule has 0 amide bonds. The zero-order chi connectivity index (χ0) is 13.5. The number of guanidine groups is 1. The number of nitrogens with zero attached hydrogens (tertiary/aromatic N) is 1. The van der Waals surface area contributed by atoms with Crippen molar-refractivity contribution in [1.29, 1.82) is 0 Å². The maximum absolute atomic E-state index is 13.3. The minimum Gasteiger partial charge on any atom is -0.370 e. The van der Waals surface area contributed by atoms with Crippen LogP contribution in [0.2, 0.25) is 0 Å². The highest BCUT2D eigenvalue weighted by atomic mass is 127. The van der Waals surface area contributed by atoms with E-state index in [4.69, 9.17) is 5.73 Å². The lowest BCUT2D eigenvalue weighted by Crippen LogP contribution is -2.23. The molecular weight excluding hydrogens is 383 g/mol. The second kappa shape index (κ2) is 9.35. The van der Waals surface area contributed by atoms with Crippen molar-refractivity contribution in [3.8, 4) is 0 Å². The van der Waals surface area contributed by atoms with Crippen molar-refractivity contribution >= 4 is 47.4 Å². The Hall–Kier alpha value is -0.570. The Balaban J connectivity index is 0.00000324. The standard InChI is InChI=1S/C12H17F2N3S.HI/c1-8(2)18-6-5-16-12(15)17-11-7-9(13)3-4-10(11)14;/h3-4,7-8H,5-6H2,1-2H3,(H3,15,16,17);1H. The van der Waals surface area contributed by atoms with Crippen molar-refractivity contribution in [2.24, 2.45) is 10.7 Å². The van der Waals surface area contributed by atoms with Crippen molar-refractivity contribution in [2.45, 2.75) is 19.1 Å². The van der Waals surface area contributed by atoms with Gasteiger partial charge in [0.25, 0.3) is 0 Å². The lowest BCUT2D eigenvalue weighted by molar-refractivity contribution is 0.604. The monoisotopic (exact) mass is 401 g/mol. The van der Waals surface area contributed by atoms with E-state index in [0.29, 0.717) is 11.8 Å². The number of rotatable bonds is 5. The van der Waals surface area contributed by atoms with Crippen LogP contribution in [-0.2, 0) is 0 Å². The highest BCUT2D eigenvalue weighted by Gasteiger charge is 2.04. The van der Waals surface area contributed by atoms with Crippen LogP contribution in [0.5, 0.6) is 0 Å². The molecule has 108 valence electrons. The fraction of sp³-hybridized carbons (Fsp3) is 0.417. The summed E-state index contributed by atoms with van der Waals surface area (Å²) in [5.41, 5.74) is 5.58. The van der Waals surface area contributed by atoms with Crippen LogP contribution in [0.4, 0.5) is 14.5 Å². The second-order valence-electron chi connectivity index (χ2n) is 3.94. The highest BCUT2D eigenvalue weighted by Crippen LogP contribution is 2.14. The van der Waals surface area contributed by atoms with Crippen molar-refractivity contribution in [3.63, 3.8) is 0 Å². The molecule has 0 aliphatic rings. The summed E-state index contributed by atoms with van der Waals surface area (Å²) in [5, 5.41) is 3.08. The Labute approximate surface area is 133 Å². The molecule has 0 saturated carbocycles. The minimum atomic E-state index is -0.564. The number of hydrogen-bond acceptors (Lipinski definition) is 2. The summed E-state index contributed by atoms with van der Waals surface area (Å²) in [4.78, 5) is 4.04. The predicted molar refractivity (Wildman–Crippen MR) is 89.5 cm³/mol. The van der Waals surface area contributed by atoms with Gasteiger partial charge in [-0.2, -0.15) is 11.8 Å². The van der Waals surface area contributed by atoms with E-state index in [1.807, 2.05) is 0 Å². The number of halogens is 3. The molecule has 0 spiro atoms. The molecule has 3 nitrogen and oxygen atoms in total. The van der Waals surface area contributed by atoms with Gasteiger partial charge in [0, 0.05) is 11.8 Å². The first-order chi connectivity index (χ1) is 8.49. The zero-order valence-corrected chi connectivity index (χ0v) is 14.0. The Bertz CT molecular complexity index is 427. The molecule has 1 aromatic rings. The van der Waals surface area contributed by atoms with E-state index in [0.717, 1.165) is 24.0 Å². The molecule has 0 fully saturated rings. The first kappa shape index (κ1) is 18.4. The van der Waals surface area contributed by atoms with Gasteiger partial charge in [0.05, 0.1) is 12.2 Å². The van der Waals surface area contributed by atoms with E-state index in [9.17, 15) is 8.78 Å². The van der Waals surface area contributed by atoms with Crippen LogP contribution in [0.3, 0.4) is 0 Å². The van der Waals surface area contributed by atoms with Crippen molar-refractivity contribution in [2.75, 3.05) is 17.6 Å². The van der Waals surface area contributed by atoms with Crippen LogP contribution in [0.15, 0.2) is 23.2 Å².